The van der Waals surface area contributed by atoms with Crippen molar-refractivity contribution in [1.29, 1.82) is 0 Å². The fourth-order valence-electron chi connectivity index (χ4n) is 1.57. The lowest BCUT2D eigenvalue weighted by Gasteiger charge is -2.00. The normalized spacial score (nSPS) is 10.8. The molecule has 0 N–H and O–H groups in total. The standard InChI is InChI=1S/C15H14O3/c1-11-6-7-13(18-11)8-9-15(16)12-4-3-5-14(10-12)17-2/h3-10H,1-2H3. The topological polar surface area (TPSA) is 39.4 Å². The molecule has 0 radical (unpaired) electrons. The van der Waals surface area contributed by atoms with Gasteiger partial charge in [-0.2, -0.15) is 0 Å². The van der Waals surface area contributed by atoms with Gasteiger partial charge < -0.3 is 9.15 Å². The van der Waals surface area contributed by atoms with Crippen LogP contribution >= 0.6 is 0 Å². The van der Waals surface area contributed by atoms with E-state index >= 15 is 0 Å². The van der Waals surface area contributed by atoms with Crippen LogP contribution in [0.5, 0.6) is 5.75 Å². The van der Waals surface area contributed by atoms with Gasteiger partial charge in [-0.3, -0.25) is 4.79 Å². The van der Waals surface area contributed by atoms with Gasteiger partial charge in [-0.05, 0) is 43.3 Å². The fourth-order valence-corrected chi connectivity index (χ4v) is 1.57. The molecule has 0 aliphatic rings. The highest BCUT2D eigenvalue weighted by molar-refractivity contribution is 6.06. The van der Waals surface area contributed by atoms with Crippen molar-refractivity contribution in [1.82, 2.24) is 0 Å². The molecule has 0 amide bonds. The third-order valence-corrected chi connectivity index (χ3v) is 2.51. The molecule has 1 aromatic heterocycles. The van der Waals surface area contributed by atoms with Gasteiger partial charge in [0.2, 0.25) is 0 Å². The van der Waals surface area contributed by atoms with Gasteiger partial charge in [0.05, 0.1) is 7.11 Å². The van der Waals surface area contributed by atoms with E-state index in [1.807, 2.05) is 19.1 Å². The van der Waals surface area contributed by atoms with Crippen LogP contribution in [-0.4, -0.2) is 12.9 Å². The van der Waals surface area contributed by atoms with E-state index in [4.69, 9.17) is 9.15 Å². The predicted molar refractivity (Wildman–Crippen MR) is 69.8 cm³/mol. The zero-order chi connectivity index (χ0) is 13.0. The number of benzene rings is 1. The molecule has 0 aliphatic carbocycles. The summed E-state index contributed by atoms with van der Waals surface area (Å²) in [6, 6.07) is 10.7. The maximum absolute atomic E-state index is 11.9. The summed E-state index contributed by atoms with van der Waals surface area (Å²) in [5.74, 6) is 2.08. The van der Waals surface area contributed by atoms with Gasteiger partial charge >= 0.3 is 0 Å². The highest BCUT2D eigenvalue weighted by Crippen LogP contribution is 2.14. The molecule has 92 valence electrons. The highest BCUT2D eigenvalue weighted by atomic mass is 16.5. The van der Waals surface area contributed by atoms with Gasteiger partial charge in [0.15, 0.2) is 5.78 Å². The van der Waals surface area contributed by atoms with Crippen molar-refractivity contribution in [2.24, 2.45) is 0 Å². The summed E-state index contributed by atoms with van der Waals surface area (Å²) in [6.45, 7) is 1.86. The smallest absolute Gasteiger partial charge is 0.186 e. The van der Waals surface area contributed by atoms with Crippen LogP contribution in [0.1, 0.15) is 21.9 Å². The van der Waals surface area contributed by atoms with Crippen molar-refractivity contribution >= 4 is 11.9 Å². The summed E-state index contributed by atoms with van der Waals surface area (Å²) in [6.07, 6.45) is 3.15. The molecule has 0 saturated heterocycles. The predicted octanol–water partition coefficient (Wildman–Crippen LogP) is 3.49. The molecule has 0 atom stereocenters. The summed E-state index contributed by atoms with van der Waals surface area (Å²) < 4.78 is 10.4. The Hall–Kier alpha value is -2.29. The van der Waals surface area contributed by atoms with Crippen LogP contribution in [0.3, 0.4) is 0 Å². The van der Waals surface area contributed by atoms with E-state index in [-0.39, 0.29) is 5.78 Å². The molecule has 0 fully saturated rings. The Bertz CT molecular complexity index is 579. The second kappa shape index (κ2) is 5.36. The molecule has 3 heteroatoms. The molecule has 0 aliphatic heterocycles. The summed E-state index contributed by atoms with van der Waals surface area (Å²) in [5.41, 5.74) is 0.592. The van der Waals surface area contributed by atoms with Crippen LogP contribution in [0.25, 0.3) is 6.08 Å². The van der Waals surface area contributed by atoms with Crippen molar-refractivity contribution in [3.8, 4) is 5.75 Å². The first-order chi connectivity index (χ1) is 8.69. The Morgan fingerprint density at radius 3 is 2.78 bits per heavy atom. The number of carbonyl (C=O) groups excluding carboxylic acids is 1. The first-order valence-electron chi connectivity index (χ1n) is 5.62. The number of methoxy groups -OCH3 is 1. The lowest BCUT2D eigenvalue weighted by atomic mass is 10.1. The third-order valence-electron chi connectivity index (χ3n) is 2.51. The van der Waals surface area contributed by atoms with Gasteiger partial charge in [0.1, 0.15) is 17.3 Å². The van der Waals surface area contributed by atoms with Crippen LogP contribution in [0, 0.1) is 6.92 Å². The van der Waals surface area contributed by atoms with E-state index in [1.54, 1.807) is 37.5 Å². The molecule has 18 heavy (non-hydrogen) atoms. The Morgan fingerprint density at radius 2 is 2.11 bits per heavy atom. The lowest BCUT2D eigenvalue weighted by molar-refractivity contribution is 0.104. The third kappa shape index (κ3) is 2.88. The molecule has 0 unspecified atom stereocenters. The van der Waals surface area contributed by atoms with E-state index in [1.165, 1.54) is 6.08 Å². The number of hydrogen-bond acceptors (Lipinski definition) is 3. The summed E-state index contributed by atoms with van der Waals surface area (Å²) >= 11 is 0. The minimum absolute atomic E-state index is 0.0806. The fraction of sp³-hybridized carbons (Fsp3) is 0.133. The van der Waals surface area contributed by atoms with Crippen LogP contribution in [-0.2, 0) is 0 Å². The number of allylic oxidation sites excluding steroid dienone is 1. The molecular weight excluding hydrogens is 228 g/mol. The molecule has 2 rings (SSSR count). The number of ketones is 1. The van der Waals surface area contributed by atoms with Gasteiger partial charge in [-0.15, -0.1) is 0 Å². The highest BCUT2D eigenvalue weighted by Gasteiger charge is 2.03. The number of carbonyl (C=O) groups is 1. The summed E-state index contributed by atoms with van der Waals surface area (Å²) in [5, 5.41) is 0. The molecule has 3 nitrogen and oxygen atoms in total. The molecule has 0 bridgehead atoms. The number of rotatable bonds is 4. The van der Waals surface area contributed by atoms with Gasteiger partial charge in [0.25, 0.3) is 0 Å². The summed E-state index contributed by atoms with van der Waals surface area (Å²) in [4.78, 5) is 11.9. The first-order valence-corrected chi connectivity index (χ1v) is 5.62. The molecular formula is C15H14O3. The average Bonchev–Trinajstić information content (AvgIpc) is 2.82. The minimum Gasteiger partial charge on any atom is -0.497 e. The van der Waals surface area contributed by atoms with Crippen LogP contribution in [0.15, 0.2) is 46.9 Å². The lowest BCUT2D eigenvalue weighted by Crippen LogP contribution is -1.94. The maximum atomic E-state index is 11.9. The van der Waals surface area contributed by atoms with Gasteiger partial charge in [0, 0.05) is 5.56 Å². The quantitative estimate of drug-likeness (QED) is 0.608. The van der Waals surface area contributed by atoms with Gasteiger partial charge in [-0.25, -0.2) is 0 Å². The zero-order valence-electron chi connectivity index (χ0n) is 10.3. The maximum Gasteiger partial charge on any atom is 0.186 e. The number of aryl methyl sites for hydroxylation is 1. The number of ether oxygens (including phenoxy) is 1. The van der Waals surface area contributed by atoms with Crippen LogP contribution < -0.4 is 4.74 Å². The van der Waals surface area contributed by atoms with Gasteiger partial charge in [-0.1, -0.05) is 12.1 Å². The van der Waals surface area contributed by atoms with E-state index < -0.39 is 0 Å². The van der Waals surface area contributed by atoms with Crippen molar-refractivity contribution in [3.63, 3.8) is 0 Å². The largest absolute Gasteiger partial charge is 0.497 e. The minimum atomic E-state index is -0.0806. The van der Waals surface area contributed by atoms with Crippen molar-refractivity contribution < 1.29 is 13.9 Å². The Kier molecular flexibility index (Phi) is 3.63. The second-order valence-electron chi connectivity index (χ2n) is 3.88. The van der Waals surface area contributed by atoms with Crippen molar-refractivity contribution in [2.45, 2.75) is 6.92 Å². The van der Waals surface area contributed by atoms with E-state index in [0.717, 1.165) is 5.76 Å². The Balaban J connectivity index is 2.14. The number of hydrogen-bond donors (Lipinski definition) is 0. The average molecular weight is 242 g/mol. The molecule has 0 spiro atoms. The number of furan rings is 1. The SMILES string of the molecule is COc1cccc(C(=O)C=Cc2ccc(C)o2)c1. The van der Waals surface area contributed by atoms with Crippen LogP contribution in [0.2, 0.25) is 0 Å². The van der Waals surface area contributed by atoms with Crippen molar-refractivity contribution in [3.05, 3.63) is 59.6 Å². The van der Waals surface area contributed by atoms with Crippen LogP contribution in [0.4, 0.5) is 0 Å². The molecule has 2 aromatic rings. The first kappa shape index (κ1) is 12.2. The Labute approximate surface area is 106 Å². The van der Waals surface area contributed by atoms with Crippen molar-refractivity contribution in [2.75, 3.05) is 7.11 Å². The molecule has 1 heterocycles. The van der Waals surface area contributed by atoms with E-state index in [2.05, 4.69) is 0 Å². The van der Waals surface area contributed by atoms with E-state index in [9.17, 15) is 4.79 Å². The summed E-state index contributed by atoms with van der Waals surface area (Å²) in [7, 11) is 1.57. The Morgan fingerprint density at radius 1 is 1.28 bits per heavy atom. The monoisotopic (exact) mass is 242 g/mol. The second-order valence-corrected chi connectivity index (χ2v) is 3.88. The van der Waals surface area contributed by atoms with E-state index in [0.29, 0.717) is 17.1 Å². The zero-order valence-corrected chi connectivity index (χ0v) is 10.3. The molecule has 0 saturated carbocycles. The molecule has 1 aromatic carbocycles.